The molecule has 0 aliphatic heterocycles. The van der Waals surface area contributed by atoms with Gasteiger partial charge in [0.05, 0.1) is 5.92 Å². The summed E-state index contributed by atoms with van der Waals surface area (Å²) in [7, 11) is 1.50. The van der Waals surface area contributed by atoms with Crippen LogP contribution in [0.2, 0.25) is 0 Å². The van der Waals surface area contributed by atoms with Crippen molar-refractivity contribution >= 4 is 28.7 Å². The average molecular weight is 363 g/mol. The van der Waals surface area contributed by atoms with Crippen molar-refractivity contribution in [2.24, 2.45) is 5.92 Å². The first-order valence-electron chi connectivity index (χ1n) is 8.19. The Labute approximate surface area is 150 Å². The molecule has 0 radical (unpaired) electrons. The van der Waals surface area contributed by atoms with E-state index in [2.05, 4.69) is 10.3 Å². The molecule has 0 aliphatic rings. The van der Waals surface area contributed by atoms with Gasteiger partial charge in [0.25, 0.3) is 0 Å². The third kappa shape index (κ3) is 4.59. The SMILES string of the molecule is CC(=O)NC(Cc1c[nH]c2cc(F)ccc12)C(=O)N(C)CC(C)C(=O)O. The zero-order chi connectivity index (χ0) is 19.4. The maximum absolute atomic E-state index is 13.3. The fourth-order valence-corrected chi connectivity index (χ4v) is 2.84. The number of nitrogens with one attached hydrogen (secondary N) is 2. The molecule has 26 heavy (non-hydrogen) atoms. The molecule has 2 rings (SSSR count). The topological polar surface area (TPSA) is 103 Å². The molecule has 0 aliphatic carbocycles. The Balaban J connectivity index is 2.21. The van der Waals surface area contributed by atoms with E-state index in [-0.39, 0.29) is 30.6 Å². The second kappa shape index (κ2) is 7.99. The van der Waals surface area contributed by atoms with Crippen molar-refractivity contribution in [3.8, 4) is 0 Å². The van der Waals surface area contributed by atoms with Gasteiger partial charge in [-0.2, -0.15) is 0 Å². The van der Waals surface area contributed by atoms with Gasteiger partial charge in [0.15, 0.2) is 0 Å². The third-order valence-corrected chi connectivity index (χ3v) is 4.17. The summed E-state index contributed by atoms with van der Waals surface area (Å²) in [6.07, 6.45) is 1.88. The molecule has 0 saturated carbocycles. The first-order valence-corrected chi connectivity index (χ1v) is 8.19. The number of aliphatic carboxylic acids is 1. The van der Waals surface area contributed by atoms with Gasteiger partial charge in [-0.15, -0.1) is 0 Å². The van der Waals surface area contributed by atoms with Crippen LogP contribution in [0.3, 0.4) is 0 Å². The predicted octanol–water partition coefficient (Wildman–Crippen LogP) is 1.53. The quantitative estimate of drug-likeness (QED) is 0.694. The van der Waals surface area contributed by atoms with Gasteiger partial charge in [-0.3, -0.25) is 14.4 Å². The lowest BCUT2D eigenvalue weighted by atomic mass is 10.0. The van der Waals surface area contributed by atoms with Gasteiger partial charge in [0.1, 0.15) is 11.9 Å². The molecule has 8 heteroatoms. The highest BCUT2D eigenvalue weighted by molar-refractivity contribution is 5.89. The number of rotatable bonds is 7. The molecule has 2 atom stereocenters. The molecule has 2 amide bonds. The van der Waals surface area contributed by atoms with Gasteiger partial charge in [0, 0.05) is 44.0 Å². The molecule has 0 spiro atoms. The van der Waals surface area contributed by atoms with E-state index in [4.69, 9.17) is 5.11 Å². The molecule has 1 heterocycles. The minimum absolute atomic E-state index is 0.0311. The zero-order valence-electron chi connectivity index (χ0n) is 14.9. The van der Waals surface area contributed by atoms with Crippen LogP contribution in [0.25, 0.3) is 10.9 Å². The summed E-state index contributed by atoms with van der Waals surface area (Å²) in [6, 6.07) is 3.45. The van der Waals surface area contributed by atoms with E-state index in [0.29, 0.717) is 5.52 Å². The van der Waals surface area contributed by atoms with Crippen LogP contribution in [0, 0.1) is 11.7 Å². The van der Waals surface area contributed by atoms with Crippen molar-refractivity contribution in [3.05, 3.63) is 35.8 Å². The Morgan fingerprint density at radius 1 is 1.35 bits per heavy atom. The van der Waals surface area contributed by atoms with E-state index in [1.165, 1.54) is 37.9 Å². The van der Waals surface area contributed by atoms with Crippen molar-refractivity contribution in [2.45, 2.75) is 26.3 Å². The molecule has 1 aromatic heterocycles. The van der Waals surface area contributed by atoms with Crippen LogP contribution in [0.1, 0.15) is 19.4 Å². The Kier molecular flexibility index (Phi) is 5.97. The Hall–Kier alpha value is -2.90. The molecule has 0 fully saturated rings. The Bertz CT molecular complexity index is 833. The number of aromatic amines is 1. The molecule has 140 valence electrons. The van der Waals surface area contributed by atoms with Crippen molar-refractivity contribution in [1.82, 2.24) is 15.2 Å². The molecule has 0 saturated heterocycles. The maximum Gasteiger partial charge on any atom is 0.308 e. The molecular weight excluding hydrogens is 341 g/mol. The number of fused-ring (bicyclic) bond motifs is 1. The second-order valence-electron chi connectivity index (χ2n) is 6.42. The van der Waals surface area contributed by atoms with Crippen LogP contribution >= 0.6 is 0 Å². The minimum atomic E-state index is -1.00. The van der Waals surface area contributed by atoms with E-state index < -0.39 is 17.9 Å². The molecule has 0 bridgehead atoms. The number of nitrogens with zero attached hydrogens (tertiary/aromatic N) is 1. The molecule has 2 unspecified atom stereocenters. The summed E-state index contributed by atoms with van der Waals surface area (Å²) in [5, 5.41) is 12.4. The Morgan fingerprint density at radius 3 is 2.65 bits per heavy atom. The van der Waals surface area contributed by atoms with Crippen LogP contribution in [-0.4, -0.2) is 52.4 Å². The number of halogens is 1. The molecule has 1 aromatic carbocycles. The van der Waals surface area contributed by atoms with E-state index in [9.17, 15) is 18.8 Å². The largest absolute Gasteiger partial charge is 0.481 e. The highest BCUT2D eigenvalue weighted by Crippen LogP contribution is 2.21. The van der Waals surface area contributed by atoms with Gasteiger partial charge in [0.2, 0.25) is 11.8 Å². The smallest absolute Gasteiger partial charge is 0.308 e. The molecule has 7 nitrogen and oxygen atoms in total. The van der Waals surface area contributed by atoms with Crippen molar-refractivity contribution in [1.29, 1.82) is 0 Å². The van der Waals surface area contributed by atoms with Gasteiger partial charge in [-0.05, 0) is 23.8 Å². The standard InChI is InChI=1S/C18H22FN3O4/c1-10(18(25)26)9-22(3)17(24)16(21-11(2)23)6-12-8-20-15-7-13(19)4-5-14(12)15/h4-5,7-8,10,16,20H,6,9H2,1-3H3,(H,21,23)(H,25,26). The summed E-state index contributed by atoms with van der Waals surface area (Å²) in [6.45, 7) is 2.85. The highest BCUT2D eigenvalue weighted by atomic mass is 19.1. The number of aromatic nitrogens is 1. The van der Waals surface area contributed by atoms with Crippen molar-refractivity contribution in [3.63, 3.8) is 0 Å². The lowest BCUT2D eigenvalue weighted by Gasteiger charge is -2.25. The summed E-state index contributed by atoms with van der Waals surface area (Å²) in [5.74, 6) is -2.85. The Morgan fingerprint density at radius 2 is 2.04 bits per heavy atom. The summed E-state index contributed by atoms with van der Waals surface area (Å²) < 4.78 is 13.3. The van der Waals surface area contributed by atoms with E-state index >= 15 is 0 Å². The van der Waals surface area contributed by atoms with Crippen LogP contribution < -0.4 is 5.32 Å². The molecule has 3 N–H and O–H groups in total. The number of likely N-dealkylation sites (N-methyl/N-ethyl adjacent to an activating group) is 1. The number of benzene rings is 1. The monoisotopic (exact) mass is 363 g/mol. The lowest BCUT2D eigenvalue weighted by Crippen LogP contribution is -2.49. The normalized spacial score (nSPS) is 13.2. The maximum atomic E-state index is 13.3. The van der Waals surface area contributed by atoms with Gasteiger partial charge in [-0.25, -0.2) is 4.39 Å². The van der Waals surface area contributed by atoms with E-state index in [1.54, 1.807) is 12.3 Å². The van der Waals surface area contributed by atoms with E-state index in [1.807, 2.05) is 0 Å². The van der Waals surface area contributed by atoms with Gasteiger partial charge < -0.3 is 20.3 Å². The van der Waals surface area contributed by atoms with Gasteiger partial charge in [-0.1, -0.05) is 6.92 Å². The molecule has 2 aromatic rings. The number of hydrogen-bond acceptors (Lipinski definition) is 3. The van der Waals surface area contributed by atoms with Crippen LogP contribution in [0.4, 0.5) is 4.39 Å². The number of carbonyl (C=O) groups excluding carboxylic acids is 2. The summed E-state index contributed by atoms with van der Waals surface area (Å²) >= 11 is 0. The lowest BCUT2D eigenvalue weighted by molar-refractivity contribution is -0.143. The van der Waals surface area contributed by atoms with Crippen LogP contribution in [0.5, 0.6) is 0 Å². The van der Waals surface area contributed by atoms with Gasteiger partial charge >= 0.3 is 5.97 Å². The fourth-order valence-electron chi connectivity index (χ4n) is 2.84. The van der Waals surface area contributed by atoms with Crippen molar-refractivity contribution < 1.29 is 23.9 Å². The van der Waals surface area contributed by atoms with Crippen molar-refractivity contribution in [2.75, 3.05) is 13.6 Å². The minimum Gasteiger partial charge on any atom is -0.481 e. The highest BCUT2D eigenvalue weighted by Gasteiger charge is 2.26. The number of H-pyrrole nitrogens is 1. The summed E-state index contributed by atoms with van der Waals surface area (Å²) in [4.78, 5) is 39.5. The average Bonchev–Trinajstić information content (AvgIpc) is 2.94. The summed E-state index contributed by atoms with van der Waals surface area (Å²) in [5.41, 5.74) is 1.36. The van der Waals surface area contributed by atoms with E-state index in [0.717, 1.165) is 10.9 Å². The zero-order valence-corrected chi connectivity index (χ0v) is 14.9. The number of hydrogen-bond donors (Lipinski definition) is 3. The third-order valence-electron chi connectivity index (χ3n) is 4.17. The number of carbonyl (C=O) groups is 3. The fraction of sp³-hybridized carbons (Fsp3) is 0.389. The first kappa shape index (κ1) is 19.4. The number of carboxylic acids is 1. The molecular formula is C18H22FN3O4. The number of amides is 2. The second-order valence-corrected chi connectivity index (χ2v) is 6.42. The number of carboxylic acid groups (broad SMARTS) is 1. The first-order chi connectivity index (χ1) is 12.2. The van der Waals surface area contributed by atoms with Crippen LogP contribution in [-0.2, 0) is 20.8 Å². The predicted molar refractivity (Wildman–Crippen MR) is 94.0 cm³/mol. The van der Waals surface area contributed by atoms with Crippen LogP contribution in [0.15, 0.2) is 24.4 Å².